The van der Waals surface area contributed by atoms with Crippen molar-refractivity contribution >= 4 is 34.2 Å². The van der Waals surface area contributed by atoms with Gasteiger partial charge in [-0.2, -0.15) is 0 Å². The Balaban J connectivity index is 1.81. The van der Waals surface area contributed by atoms with Crippen molar-refractivity contribution < 1.29 is 23.1 Å². The molecule has 4 aromatic rings. The van der Waals surface area contributed by atoms with Gasteiger partial charge in [0.05, 0.1) is 31.2 Å². The standard InChI is InChI=1S/C25H17ClFNO5/c1-31-19-9-3-13(11-20(19)32-2)22-21-23(29)17-12-14(26)4-10-18(17)33-24(21)25(30)28(22)16-7-5-15(27)6-8-16/h3-12,22H,1-2H3. The molecule has 2 heterocycles. The highest BCUT2D eigenvalue weighted by Crippen LogP contribution is 2.43. The van der Waals surface area contributed by atoms with Crippen molar-refractivity contribution in [3.05, 3.63) is 98.6 Å². The molecular formula is C25H17ClFNO5. The number of rotatable bonds is 4. The van der Waals surface area contributed by atoms with Crippen LogP contribution in [0.15, 0.2) is 69.9 Å². The molecular weight excluding hydrogens is 449 g/mol. The van der Waals surface area contributed by atoms with Crippen molar-refractivity contribution in [1.29, 1.82) is 0 Å². The van der Waals surface area contributed by atoms with Gasteiger partial charge < -0.3 is 13.9 Å². The third-order valence-electron chi connectivity index (χ3n) is 5.66. The van der Waals surface area contributed by atoms with Crippen LogP contribution in [-0.4, -0.2) is 20.1 Å². The molecule has 3 aromatic carbocycles. The molecule has 0 saturated carbocycles. The van der Waals surface area contributed by atoms with Crippen LogP contribution in [0.5, 0.6) is 11.5 Å². The number of carbonyl (C=O) groups is 1. The summed E-state index contributed by atoms with van der Waals surface area (Å²) >= 11 is 6.11. The summed E-state index contributed by atoms with van der Waals surface area (Å²) in [6.07, 6.45) is 0. The van der Waals surface area contributed by atoms with Crippen LogP contribution in [-0.2, 0) is 0 Å². The van der Waals surface area contributed by atoms with E-state index in [1.54, 1.807) is 30.3 Å². The number of amides is 1. The van der Waals surface area contributed by atoms with Crippen LogP contribution < -0.4 is 19.8 Å². The lowest BCUT2D eigenvalue weighted by Gasteiger charge is -2.25. The molecule has 6 nitrogen and oxygen atoms in total. The molecule has 0 aliphatic carbocycles. The smallest absolute Gasteiger partial charge is 0.295 e. The number of methoxy groups -OCH3 is 2. The minimum absolute atomic E-state index is 0.0704. The van der Waals surface area contributed by atoms with Crippen LogP contribution in [0.4, 0.5) is 10.1 Å². The van der Waals surface area contributed by atoms with Crippen molar-refractivity contribution in [1.82, 2.24) is 0 Å². The molecule has 1 atom stereocenters. The van der Waals surface area contributed by atoms with E-state index in [1.165, 1.54) is 49.5 Å². The number of benzene rings is 3. The Kier molecular flexibility index (Phi) is 5.06. The molecule has 166 valence electrons. The van der Waals surface area contributed by atoms with Crippen molar-refractivity contribution in [3.63, 3.8) is 0 Å². The number of fused-ring (bicyclic) bond motifs is 2. The van der Waals surface area contributed by atoms with Gasteiger partial charge in [-0.25, -0.2) is 4.39 Å². The van der Waals surface area contributed by atoms with Crippen LogP contribution in [0.3, 0.4) is 0 Å². The van der Waals surface area contributed by atoms with Crippen LogP contribution in [0.25, 0.3) is 11.0 Å². The molecule has 1 amide bonds. The van der Waals surface area contributed by atoms with E-state index < -0.39 is 17.8 Å². The first kappa shape index (κ1) is 21.0. The maximum Gasteiger partial charge on any atom is 0.295 e. The summed E-state index contributed by atoms with van der Waals surface area (Å²) in [5, 5.41) is 0.637. The number of hydrogen-bond donors (Lipinski definition) is 0. The van der Waals surface area contributed by atoms with Crippen molar-refractivity contribution in [2.75, 3.05) is 19.1 Å². The van der Waals surface area contributed by atoms with E-state index in [1.807, 2.05) is 0 Å². The van der Waals surface area contributed by atoms with E-state index in [2.05, 4.69) is 0 Å². The number of nitrogens with zero attached hydrogens (tertiary/aromatic N) is 1. The molecule has 1 aliphatic rings. The summed E-state index contributed by atoms with van der Waals surface area (Å²) < 4.78 is 30.3. The fourth-order valence-corrected chi connectivity index (χ4v) is 4.32. The monoisotopic (exact) mass is 465 g/mol. The van der Waals surface area contributed by atoms with Gasteiger partial charge in [-0.05, 0) is 60.2 Å². The van der Waals surface area contributed by atoms with E-state index in [0.29, 0.717) is 27.8 Å². The zero-order chi connectivity index (χ0) is 23.3. The van der Waals surface area contributed by atoms with E-state index in [4.69, 9.17) is 25.5 Å². The van der Waals surface area contributed by atoms with Gasteiger partial charge in [-0.1, -0.05) is 17.7 Å². The fourth-order valence-electron chi connectivity index (χ4n) is 4.15. The molecule has 0 saturated heterocycles. The molecule has 0 radical (unpaired) electrons. The molecule has 1 aliphatic heterocycles. The predicted octanol–water partition coefficient (Wildman–Crippen LogP) is 5.35. The lowest BCUT2D eigenvalue weighted by molar-refractivity contribution is 0.0971. The molecule has 0 bridgehead atoms. The zero-order valence-corrected chi connectivity index (χ0v) is 18.4. The van der Waals surface area contributed by atoms with Crippen LogP contribution in [0.1, 0.15) is 27.7 Å². The van der Waals surface area contributed by atoms with Gasteiger partial charge in [0.1, 0.15) is 11.4 Å². The Labute approximate surface area is 192 Å². The first-order chi connectivity index (χ1) is 15.9. The molecule has 1 aromatic heterocycles. The average molecular weight is 466 g/mol. The molecule has 1 unspecified atom stereocenters. The largest absolute Gasteiger partial charge is 0.493 e. The minimum Gasteiger partial charge on any atom is -0.493 e. The van der Waals surface area contributed by atoms with Crippen LogP contribution in [0.2, 0.25) is 5.02 Å². The maximum absolute atomic E-state index is 13.6. The van der Waals surface area contributed by atoms with E-state index in [9.17, 15) is 14.0 Å². The Morgan fingerprint density at radius 3 is 2.36 bits per heavy atom. The Hall–Kier alpha value is -3.84. The molecule has 8 heteroatoms. The van der Waals surface area contributed by atoms with Gasteiger partial charge in [0.25, 0.3) is 5.91 Å². The fraction of sp³-hybridized carbons (Fsp3) is 0.120. The number of carbonyl (C=O) groups excluding carboxylic acids is 1. The molecule has 0 spiro atoms. The Morgan fingerprint density at radius 2 is 1.67 bits per heavy atom. The minimum atomic E-state index is -0.836. The van der Waals surface area contributed by atoms with Gasteiger partial charge >= 0.3 is 0 Å². The van der Waals surface area contributed by atoms with Gasteiger partial charge in [0, 0.05) is 10.7 Å². The lowest BCUT2D eigenvalue weighted by atomic mass is 9.97. The lowest BCUT2D eigenvalue weighted by Crippen LogP contribution is -2.29. The predicted molar refractivity (Wildman–Crippen MR) is 122 cm³/mol. The SMILES string of the molecule is COc1ccc(C2c3c(oc4ccc(Cl)cc4c3=O)C(=O)N2c2ccc(F)cc2)cc1OC. The maximum atomic E-state index is 13.6. The average Bonchev–Trinajstić information content (AvgIpc) is 3.12. The summed E-state index contributed by atoms with van der Waals surface area (Å²) in [6, 6.07) is 14.4. The Morgan fingerprint density at radius 1 is 0.939 bits per heavy atom. The van der Waals surface area contributed by atoms with Gasteiger partial charge in [-0.15, -0.1) is 0 Å². The molecule has 5 rings (SSSR count). The van der Waals surface area contributed by atoms with E-state index in [-0.39, 0.29) is 27.7 Å². The molecule has 0 N–H and O–H groups in total. The van der Waals surface area contributed by atoms with Gasteiger partial charge in [0.2, 0.25) is 5.76 Å². The molecule has 0 fully saturated rings. The van der Waals surface area contributed by atoms with Gasteiger partial charge in [-0.3, -0.25) is 14.5 Å². The summed E-state index contributed by atoms with van der Waals surface area (Å²) in [4.78, 5) is 28.5. The second-order valence-electron chi connectivity index (χ2n) is 7.48. The number of halogens is 2. The molecule has 33 heavy (non-hydrogen) atoms. The van der Waals surface area contributed by atoms with Crippen molar-refractivity contribution in [2.24, 2.45) is 0 Å². The highest BCUT2D eigenvalue weighted by atomic mass is 35.5. The topological polar surface area (TPSA) is 69.0 Å². The summed E-state index contributed by atoms with van der Waals surface area (Å²) in [5.41, 5.74) is 1.06. The number of ether oxygens (including phenoxy) is 2. The zero-order valence-electron chi connectivity index (χ0n) is 17.6. The van der Waals surface area contributed by atoms with Gasteiger partial charge in [0.15, 0.2) is 16.9 Å². The summed E-state index contributed by atoms with van der Waals surface area (Å²) in [5.74, 6) is -0.0935. The van der Waals surface area contributed by atoms with Crippen LogP contribution in [0, 0.1) is 5.82 Å². The Bertz CT molecular complexity index is 1460. The summed E-state index contributed by atoms with van der Waals surface area (Å²) in [6.45, 7) is 0. The third kappa shape index (κ3) is 3.32. The number of hydrogen-bond acceptors (Lipinski definition) is 5. The van der Waals surface area contributed by atoms with E-state index in [0.717, 1.165) is 0 Å². The number of anilines is 1. The normalized spacial score (nSPS) is 15.1. The summed E-state index contributed by atoms with van der Waals surface area (Å²) in [7, 11) is 3.01. The second kappa shape index (κ2) is 7.94. The first-order valence-electron chi connectivity index (χ1n) is 10.00. The van der Waals surface area contributed by atoms with Crippen molar-refractivity contribution in [2.45, 2.75) is 6.04 Å². The van der Waals surface area contributed by atoms with Crippen molar-refractivity contribution in [3.8, 4) is 11.5 Å². The second-order valence-corrected chi connectivity index (χ2v) is 7.92. The van der Waals surface area contributed by atoms with Crippen LogP contribution >= 0.6 is 11.6 Å². The highest BCUT2D eigenvalue weighted by molar-refractivity contribution is 6.31. The quantitative estimate of drug-likeness (QED) is 0.406. The highest BCUT2D eigenvalue weighted by Gasteiger charge is 2.44. The van der Waals surface area contributed by atoms with E-state index >= 15 is 0 Å². The first-order valence-corrected chi connectivity index (χ1v) is 10.4. The third-order valence-corrected chi connectivity index (χ3v) is 5.90.